The molecule has 1 aliphatic heterocycles. The van der Waals surface area contributed by atoms with Crippen LogP contribution in [-0.4, -0.2) is 30.1 Å². The molecule has 17 heavy (non-hydrogen) atoms. The zero-order chi connectivity index (χ0) is 12.5. The van der Waals surface area contributed by atoms with Crippen molar-refractivity contribution in [1.82, 2.24) is 4.90 Å². The summed E-state index contributed by atoms with van der Waals surface area (Å²) in [5.41, 5.74) is 0.00449. The monoisotopic (exact) mass is 241 g/mol. The standard InChI is InChI=1S/C13H17F2NO/c1-16-8-6-11(7-9-16)13(14,15)10-2-4-12(17)5-3-10/h2-5,11,17H,6-9H2,1H3. The fourth-order valence-electron chi connectivity index (χ4n) is 2.29. The third kappa shape index (κ3) is 2.57. The fourth-order valence-corrected chi connectivity index (χ4v) is 2.29. The molecule has 2 rings (SSSR count). The van der Waals surface area contributed by atoms with E-state index in [0.29, 0.717) is 12.8 Å². The molecule has 0 aliphatic carbocycles. The van der Waals surface area contributed by atoms with E-state index in [2.05, 4.69) is 4.90 Å². The van der Waals surface area contributed by atoms with Gasteiger partial charge in [0.15, 0.2) is 0 Å². The van der Waals surface area contributed by atoms with E-state index in [9.17, 15) is 8.78 Å². The molecule has 0 spiro atoms. The van der Waals surface area contributed by atoms with Gasteiger partial charge < -0.3 is 10.0 Å². The zero-order valence-corrected chi connectivity index (χ0v) is 9.87. The summed E-state index contributed by atoms with van der Waals surface area (Å²) in [6, 6.07) is 5.26. The Kier molecular flexibility index (Phi) is 3.33. The third-order valence-electron chi connectivity index (χ3n) is 3.48. The smallest absolute Gasteiger partial charge is 0.276 e. The topological polar surface area (TPSA) is 23.5 Å². The lowest BCUT2D eigenvalue weighted by atomic mass is 9.86. The Morgan fingerprint density at radius 1 is 1.18 bits per heavy atom. The minimum Gasteiger partial charge on any atom is -0.508 e. The first kappa shape index (κ1) is 12.3. The molecule has 1 aliphatic rings. The molecule has 0 bridgehead atoms. The van der Waals surface area contributed by atoms with Crippen LogP contribution in [0.5, 0.6) is 5.75 Å². The molecule has 2 nitrogen and oxygen atoms in total. The lowest BCUT2D eigenvalue weighted by molar-refractivity contribution is -0.0837. The lowest BCUT2D eigenvalue weighted by Crippen LogP contribution is -2.37. The van der Waals surface area contributed by atoms with Crippen molar-refractivity contribution in [3.63, 3.8) is 0 Å². The van der Waals surface area contributed by atoms with Crippen LogP contribution < -0.4 is 0 Å². The summed E-state index contributed by atoms with van der Waals surface area (Å²) < 4.78 is 28.4. The highest BCUT2D eigenvalue weighted by molar-refractivity contribution is 5.29. The van der Waals surface area contributed by atoms with Crippen LogP contribution in [0.4, 0.5) is 8.78 Å². The minimum atomic E-state index is -2.80. The number of likely N-dealkylation sites (tertiary alicyclic amines) is 1. The fraction of sp³-hybridized carbons (Fsp3) is 0.538. The molecule has 0 amide bonds. The van der Waals surface area contributed by atoms with Gasteiger partial charge in [-0.15, -0.1) is 0 Å². The maximum Gasteiger partial charge on any atom is 0.276 e. The molecule has 0 atom stereocenters. The number of hydrogen-bond acceptors (Lipinski definition) is 2. The second-order valence-electron chi connectivity index (χ2n) is 4.75. The van der Waals surface area contributed by atoms with Crippen molar-refractivity contribution < 1.29 is 13.9 Å². The van der Waals surface area contributed by atoms with E-state index in [4.69, 9.17) is 5.11 Å². The molecule has 0 saturated carbocycles. The Morgan fingerprint density at radius 3 is 2.24 bits per heavy atom. The first-order valence-corrected chi connectivity index (χ1v) is 5.86. The molecule has 0 aromatic heterocycles. The molecule has 0 unspecified atom stereocenters. The first-order chi connectivity index (χ1) is 8.00. The van der Waals surface area contributed by atoms with Crippen molar-refractivity contribution in [3.8, 4) is 5.75 Å². The van der Waals surface area contributed by atoms with E-state index in [-0.39, 0.29) is 11.3 Å². The highest BCUT2D eigenvalue weighted by Crippen LogP contribution is 2.41. The third-order valence-corrected chi connectivity index (χ3v) is 3.48. The van der Waals surface area contributed by atoms with Crippen LogP contribution in [0, 0.1) is 5.92 Å². The molecule has 0 radical (unpaired) electrons. The van der Waals surface area contributed by atoms with E-state index in [1.807, 2.05) is 7.05 Å². The van der Waals surface area contributed by atoms with Gasteiger partial charge in [-0.2, -0.15) is 0 Å². The Bertz CT molecular complexity index is 370. The van der Waals surface area contributed by atoms with Crippen LogP contribution in [0.1, 0.15) is 18.4 Å². The van der Waals surface area contributed by atoms with E-state index in [1.165, 1.54) is 24.3 Å². The average Bonchev–Trinajstić information content (AvgIpc) is 2.30. The maximum atomic E-state index is 14.2. The van der Waals surface area contributed by atoms with Gasteiger partial charge in [-0.1, -0.05) is 0 Å². The molecular formula is C13H17F2NO. The number of halogens is 2. The Morgan fingerprint density at radius 2 is 1.71 bits per heavy atom. The number of hydrogen-bond donors (Lipinski definition) is 1. The van der Waals surface area contributed by atoms with Gasteiger partial charge in [0.05, 0.1) is 0 Å². The molecule has 1 N–H and O–H groups in total. The van der Waals surface area contributed by atoms with Gasteiger partial charge in [0.2, 0.25) is 0 Å². The number of rotatable bonds is 2. The quantitative estimate of drug-likeness (QED) is 0.860. The van der Waals surface area contributed by atoms with Crippen molar-refractivity contribution in [1.29, 1.82) is 0 Å². The minimum absolute atomic E-state index is 0.00449. The van der Waals surface area contributed by atoms with Crippen molar-refractivity contribution in [3.05, 3.63) is 29.8 Å². The number of phenols is 1. The number of benzene rings is 1. The summed E-state index contributed by atoms with van der Waals surface area (Å²) >= 11 is 0. The van der Waals surface area contributed by atoms with Crippen LogP contribution >= 0.6 is 0 Å². The second-order valence-corrected chi connectivity index (χ2v) is 4.75. The highest BCUT2D eigenvalue weighted by Gasteiger charge is 2.42. The molecule has 1 fully saturated rings. The number of aromatic hydroxyl groups is 1. The van der Waals surface area contributed by atoms with Gasteiger partial charge in [0.1, 0.15) is 5.75 Å². The summed E-state index contributed by atoms with van der Waals surface area (Å²) in [7, 11) is 1.95. The van der Waals surface area contributed by atoms with E-state index < -0.39 is 11.8 Å². The van der Waals surface area contributed by atoms with E-state index in [0.717, 1.165) is 13.1 Å². The summed E-state index contributed by atoms with van der Waals surface area (Å²) in [5.74, 6) is -3.37. The van der Waals surface area contributed by atoms with E-state index in [1.54, 1.807) is 0 Å². The predicted octanol–water partition coefficient (Wildman–Crippen LogP) is 2.83. The predicted molar refractivity (Wildman–Crippen MR) is 62.2 cm³/mol. The number of piperidine rings is 1. The largest absolute Gasteiger partial charge is 0.508 e. The Labute approximate surface area is 99.9 Å². The van der Waals surface area contributed by atoms with Gasteiger partial charge in [-0.3, -0.25) is 0 Å². The van der Waals surface area contributed by atoms with Crippen molar-refractivity contribution in [2.75, 3.05) is 20.1 Å². The lowest BCUT2D eigenvalue weighted by Gasteiger charge is -2.34. The van der Waals surface area contributed by atoms with Crippen LogP contribution in [0.3, 0.4) is 0 Å². The van der Waals surface area contributed by atoms with Crippen molar-refractivity contribution in [2.24, 2.45) is 5.92 Å². The zero-order valence-electron chi connectivity index (χ0n) is 9.87. The highest BCUT2D eigenvalue weighted by atomic mass is 19.3. The Hall–Kier alpha value is -1.16. The summed E-state index contributed by atoms with van der Waals surface area (Å²) in [6.07, 6.45) is 1.04. The van der Waals surface area contributed by atoms with Crippen LogP contribution in [-0.2, 0) is 5.92 Å². The summed E-state index contributed by atoms with van der Waals surface area (Å²) in [4.78, 5) is 2.07. The molecule has 94 valence electrons. The molecule has 1 saturated heterocycles. The van der Waals surface area contributed by atoms with Crippen LogP contribution in [0.2, 0.25) is 0 Å². The Balaban J connectivity index is 2.15. The van der Waals surface area contributed by atoms with Gasteiger partial charge in [0, 0.05) is 11.5 Å². The number of alkyl halides is 2. The van der Waals surface area contributed by atoms with Crippen molar-refractivity contribution in [2.45, 2.75) is 18.8 Å². The summed E-state index contributed by atoms with van der Waals surface area (Å²) in [5, 5.41) is 9.12. The van der Waals surface area contributed by atoms with Gasteiger partial charge in [-0.25, -0.2) is 8.78 Å². The second kappa shape index (κ2) is 4.61. The SMILES string of the molecule is CN1CCC(C(F)(F)c2ccc(O)cc2)CC1. The number of phenolic OH excluding ortho intramolecular Hbond substituents is 1. The average molecular weight is 241 g/mol. The maximum absolute atomic E-state index is 14.2. The van der Waals surface area contributed by atoms with Gasteiger partial charge >= 0.3 is 0 Å². The molecule has 1 heterocycles. The van der Waals surface area contributed by atoms with Gasteiger partial charge in [0.25, 0.3) is 5.92 Å². The number of nitrogens with zero attached hydrogens (tertiary/aromatic N) is 1. The summed E-state index contributed by atoms with van der Waals surface area (Å²) in [6.45, 7) is 1.44. The molecule has 1 aromatic rings. The normalized spacial score (nSPS) is 19.5. The molecular weight excluding hydrogens is 224 g/mol. The van der Waals surface area contributed by atoms with Crippen molar-refractivity contribution >= 4 is 0 Å². The molecule has 1 aromatic carbocycles. The van der Waals surface area contributed by atoms with Gasteiger partial charge in [-0.05, 0) is 57.2 Å². The first-order valence-electron chi connectivity index (χ1n) is 5.86. The van der Waals surface area contributed by atoms with Crippen LogP contribution in [0.15, 0.2) is 24.3 Å². The van der Waals surface area contributed by atoms with E-state index >= 15 is 0 Å². The molecule has 4 heteroatoms. The van der Waals surface area contributed by atoms with Crippen LogP contribution in [0.25, 0.3) is 0 Å².